The lowest BCUT2D eigenvalue weighted by atomic mass is 10.1. The maximum absolute atomic E-state index is 12.3. The summed E-state index contributed by atoms with van der Waals surface area (Å²) < 4.78 is 43.4. The summed E-state index contributed by atoms with van der Waals surface area (Å²) in [5.41, 5.74) is 1.50. The van der Waals surface area contributed by atoms with E-state index in [9.17, 15) is 13.2 Å². The molecule has 0 aromatic heterocycles. The van der Waals surface area contributed by atoms with E-state index in [0.29, 0.717) is 22.8 Å². The molecule has 8 nitrogen and oxygen atoms in total. The van der Waals surface area contributed by atoms with Crippen molar-refractivity contribution >= 4 is 15.9 Å². The average molecular weight is 449 g/mol. The highest BCUT2D eigenvalue weighted by Gasteiger charge is 2.28. The van der Waals surface area contributed by atoms with Gasteiger partial charge in [-0.3, -0.25) is 4.79 Å². The quantitative estimate of drug-likeness (QED) is 0.579. The first-order valence-electron chi connectivity index (χ1n) is 10.0. The van der Waals surface area contributed by atoms with Gasteiger partial charge in [-0.15, -0.1) is 0 Å². The number of amides is 1. The van der Waals surface area contributed by atoms with Crippen LogP contribution in [-0.4, -0.2) is 41.2 Å². The molecule has 1 aliphatic carbocycles. The van der Waals surface area contributed by atoms with Crippen molar-refractivity contribution in [2.75, 3.05) is 20.8 Å². The fraction of sp³-hybridized carbons (Fsp3) is 0.409. The van der Waals surface area contributed by atoms with Crippen molar-refractivity contribution in [1.29, 1.82) is 0 Å². The predicted octanol–water partition coefficient (Wildman–Crippen LogP) is 2.71. The van der Waals surface area contributed by atoms with Crippen LogP contribution in [0, 0.1) is 6.92 Å². The second-order valence-electron chi connectivity index (χ2n) is 7.52. The normalized spacial score (nSPS) is 14.6. The fourth-order valence-electron chi connectivity index (χ4n) is 3.07. The van der Waals surface area contributed by atoms with Crippen LogP contribution in [0.15, 0.2) is 41.3 Å². The van der Waals surface area contributed by atoms with Crippen LogP contribution in [0.2, 0.25) is 0 Å². The van der Waals surface area contributed by atoms with Crippen LogP contribution >= 0.6 is 0 Å². The molecular formula is C22H28N2O6S. The molecule has 0 bridgehead atoms. The number of hydrogen-bond acceptors (Lipinski definition) is 6. The highest BCUT2D eigenvalue weighted by atomic mass is 32.2. The van der Waals surface area contributed by atoms with E-state index >= 15 is 0 Å². The van der Waals surface area contributed by atoms with E-state index in [-0.39, 0.29) is 29.5 Å². The summed E-state index contributed by atoms with van der Waals surface area (Å²) >= 11 is 0. The smallest absolute Gasteiger partial charge is 0.258 e. The van der Waals surface area contributed by atoms with Gasteiger partial charge in [0.25, 0.3) is 5.91 Å². The predicted molar refractivity (Wildman–Crippen MR) is 116 cm³/mol. The summed E-state index contributed by atoms with van der Waals surface area (Å²) in [6.45, 7) is 3.41. The fourth-order valence-corrected chi connectivity index (χ4v) is 4.46. The monoisotopic (exact) mass is 448 g/mol. The molecule has 0 radical (unpaired) electrons. The first-order valence-corrected chi connectivity index (χ1v) is 11.5. The Balaban J connectivity index is 1.58. The lowest BCUT2D eigenvalue weighted by Crippen LogP contribution is -2.31. The van der Waals surface area contributed by atoms with Gasteiger partial charge < -0.3 is 19.5 Å². The number of nitrogens with one attached hydrogen (secondary N) is 2. The molecular weight excluding hydrogens is 420 g/mol. The Kier molecular flexibility index (Phi) is 7.07. The summed E-state index contributed by atoms with van der Waals surface area (Å²) in [5, 5.41) is 2.87. The maximum atomic E-state index is 12.3. The molecule has 0 saturated heterocycles. The second kappa shape index (κ2) is 9.57. The molecule has 2 N–H and O–H groups in total. The zero-order chi connectivity index (χ0) is 22.6. The Morgan fingerprint density at radius 3 is 2.35 bits per heavy atom. The van der Waals surface area contributed by atoms with Gasteiger partial charge >= 0.3 is 0 Å². The molecule has 168 valence electrons. The highest BCUT2D eigenvalue weighted by Crippen LogP contribution is 2.30. The van der Waals surface area contributed by atoms with Gasteiger partial charge in [0.2, 0.25) is 10.0 Å². The van der Waals surface area contributed by atoms with Crippen molar-refractivity contribution in [3.8, 4) is 17.2 Å². The number of sulfonamides is 1. The third kappa shape index (κ3) is 5.89. The van der Waals surface area contributed by atoms with Gasteiger partial charge in [-0.1, -0.05) is 6.07 Å². The second-order valence-corrected chi connectivity index (χ2v) is 9.23. The van der Waals surface area contributed by atoms with Crippen molar-refractivity contribution in [3.63, 3.8) is 0 Å². The van der Waals surface area contributed by atoms with Gasteiger partial charge in [-0.05, 0) is 68.1 Å². The molecule has 1 saturated carbocycles. The molecule has 1 fully saturated rings. The van der Waals surface area contributed by atoms with E-state index in [1.165, 1.54) is 6.07 Å². The van der Waals surface area contributed by atoms with Gasteiger partial charge in [0, 0.05) is 6.04 Å². The largest absolute Gasteiger partial charge is 0.493 e. The minimum Gasteiger partial charge on any atom is -0.493 e. The lowest BCUT2D eigenvalue weighted by Gasteiger charge is -2.17. The molecule has 2 aromatic rings. The average Bonchev–Trinajstić information content (AvgIpc) is 3.55. The number of ether oxygens (including phenoxy) is 3. The summed E-state index contributed by atoms with van der Waals surface area (Å²) in [5.74, 6) is 1.36. The SMILES string of the molecule is COc1ccc([C@@H](C)NC(=O)COc2ccc(S(=O)(=O)NC3CC3)cc2C)cc1OC. The zero-order valence-corrected chi connectivity index (χ0v) is 18.9. The lowest BCUT2D eigenvalue weighted by molar-refractivity contribution is -0.123. The Bertz CT molecular complexity index is 1050. The standard InChI is InChI=1S/C22H28N2O6S/c1-14-11-18(31(26,27)24-17-6-7-17)8-10-19(14)30-13-22(25)23-15(2)16-5-9-20(28-3)21(12-16)29-4/h5,8-12,15,17,24H,6-7,13H2,1-4H3,(H,23,25)/t15-/m1/s1. The topological polar surface area (TPSA) is 103 Å². The highest BCUT2D eigenvalue weighted by molar-refractivity contribution is 7.89. The summed E-state index contributed by atoms with van der Waals surface area (Å²) in [4.78, 5) is 12.5. The van der Waals surface area contributed by atoms with E-state index in [4.69, 9.17) is 14.2 Å². The van der Waals surface area contributed by atoms with Crippen LogP contribution < -0.4 is 24.2 Å². The van der Waals surface area contributed by atoms with Crippen molar-refractivity contribution in [2.45, 2.75) is 43.7 Å². The third-order valence-corrected chi connectivity index (χ3v) is 6.52. The summed E-state index contributed by atoms with van der Waals surface area (Å²) in [6, 6.07) is 9.82. The van der Waals surface area contributed by atoms with E-state index in [1.807, 2.05) is 19.1 Å². The van der Waals surface area contributed by atoms with Crippen LogP contribution in [0.1, 0.15) is 36.9 Å². The Morgan fingerprint density at radius 1 is 1.06 bits per heavy atom. The minimum absolute atomic E-state index is 0.0394. The molecule has 1 aliphatic rings. The summed E-state index contributed by atoms with van der Waals surface area (Å²) in [6.07, 6.45) is 1.74. The Hall–Kier alpha value is -2.78. The van der Waals surface area contributed by atoms with Crippen molar-refractivity contribution < 1.29 is 27.4 Å². The first kappa shape index (κ1) is 22.9. The number of methoxy groups -OCH3 is 2. The van der Waals surface area contributed by atoms with Crippen molar-refractivity contribution in [3.05, 3.63) is 47.5 Å². The van der Waals surface area contributed by atoms with Gasteiger partial charge in [-0.2, -0.15) is 0 Å². The molecule has 31 heavy (non-hydrogen) atoms. The van der Waals surface area contributed by atoms with Crippen LogP contribution in [0.4, 0.5) is 0 Å². The van der Waals surface area contributed by atoms with Crippen LogP contribution in [-0.2, 0) is 14.8 Å². The van der Waals surface area contributed by atoms with Gasteiger partial charge in [0.15, 0.2) is 18.1 Å². The van der Waals surface area contributed by atoms with E-state index in [2.05, 4.69) is 10.0 Å². The molecule has 0 spiro atoms. The number of rotatable bonds is 10. The van der Waals surface area contributed by atoms with Crippen LogP contribution in [0.3, 0.4) is 0 Å². The molecule has 0 unspecified atom stereocenters. The summed E-state index contributed by atoms with van der Waals surface area (Å²) in [7, 11) is -0.411. The van der Waals surface area contributed by atoms with Crippen LogP contribution in [0.5, 0.6) is 17.2 Å². The van der Waals surface area contributed by atoms with Crippen molar-refractivity contribution in [1.82, 2.24) is 10.0 Å². The number of benzene rings is 2. The molecule has 2 aromatic carbocycles. The van der Waals surface area contributed by atoms with Gasteiger partial charge in [0.05, 0.1) is 25.2 Å². The molecule has 1 amide bonds. The maximum Gasteiger partial charge on any atom is 0.258 e. The van der Waals surface area contributed by atoms with E-state index in [0.717, 1.165) is 18.4 Å². The Morgan fingerprint density at radius 2 is 1.74 bits per heavy atom. The molecule has 1 atom stereocenters. The molecule has 0 aliphatic heterocycles. The van der Waals surface area contributed by atoms with Gasteiger partial charge in [0.1, 0.15) is 5.75 Å². The Labute approximate surface area is 182 Å². The molecule has 0 heterocycles. The molecule has 3 rings (SSSR count). The van der Waals surface area contributed by atoms with Crippen LogP contribution in [0.25, 0.3) is 0 Å². The number of carbonyl (C=O) groups excluding carboxylic acids is 1. The number of hydrogen-bond donors (Lipinski definition) is 2. The zero-order valence-electron chi connectivity index (χ0n) is 18.1. The third-order valence-electron chi connectivity index (χ3n) is 5.00. The number of aryl methyl sites for hydroxylation is 1. The molecule has 9 heteroatoms. The van der Waals surface area contributed by atoms with Gasteiger partial charge in [-0.25, -0.2) is 13.1 Å². The van der Waals surface area contributed by atoms with E-state index in [1.54, 1.807) is 39.3 Å². The van der Waals surface area contributed by atoms with Crippen molar-refractivity contribution in [2.24, 2.45) is 0 Å². The number of carbonyl (C=O) groups is 1. The first-order chi connectivity index (χ1) is 14.7. The van der Waals surface area contributed by atoms with E-state index < -0.39 is 10.0 Å². The minimum atomic E-state index is -3.53.